The van der Waals surface area contributed by atoms with Gasteiger partial charge >= 0.3 is 0 Å². The first kappa shape index (κ1) is 22.3. The van der Waals surface area contributed by atoms with E-state index in [1.54, 1.807) is 10.7 Å². The molecule has 0 radical (unpaired) electrons. The molecule has 0 saturated carbocycles. The van der Waals surface area contributed by atoms with E-state index in [1.807, 2.05) is 47.1 Å². The zero-order valence-corrected chi connectivity index (χ0v) is 19.3. The molecule has 0 aliphatic carbocycles. The summed E-state index contributed by atoms with van der Waals surface area (Å²) >= 11 is 0. The average molecular weight is 436 g/mol. The lowest BCUT2D eigenvalue weighted by atomic mass is 9.92. The van der Waals surface area contributed by atoms with Crippen LogP contribution < -0.4 is 10.9 Å². The number of piperidine rings is 1. The average Bonchev–Trinajstić information content (AvgIpc) is 3.21. The summed E-state index contributed by atoms with van der Waals surface area (Å²) in [4.78, 5) is 27.4. The summed E-state index contributed by atoms with van der Waals surface area (Å²) in [5.74, 6) is -0.0463. The Kier molecular flexibility index (Phi) is 6.46. The topological polar surface area (TPSA) is 71.6 Å². The van der Waals surface area contributed by atoms with E-state index in [4.69, 9.17) is 0 Å². The van der Waals surface area contributed by atoms with Crippen LogP contribution in [0.25, 0.3) is 5.52 Å². The second-order valence-electron chi connectivity index (χ2n) is 9.69. The zero-order chi connectivity index (χ0) is 22.7. The molecule has 0 bridgehead atoms. The van der Waals surface area contributed by atoms with Crippen molar-refractivity contribution in [2.75, 3.05) is 19.6 Å². The number of pyridine rings is 1. The van der Waals surface area contributed by atoms with Gasteiger partial charge in [0, 0.05) is 48.5 Å². The van der Waals surface area contributed by atoms with E-state index in [2.05, 4.69) is 36.1 Å². The van der Waals surface area contributed by atoms with E-state index in [9.17, 15) is 9.59 Å². The van der Waals surface area contributed by atoms with Crippen molar-refractivity contribution in [2.45, 2.75) is 58.0 Å². The van der Waals surface area contributed by atoms with Gasteiger partial charge < -0.3 is 9.72 Å². The zero-order valence-electron chi connectivity index (χ0n) is 19.3. The first-order valence-corrected chi connectivity index (χ1v) is 11.5. The number of aromatic nitrogens is 3. The molecule has 1 fully saturated rings. The smallest absolute Gasteiger partial charge is 0.266 e. The number of likely N-dealkylation sites (tertiary alicyclic amines) is 1. The van der Waals surface area contributed by atoms with Gasteiger partial charge in [0.25, 0.3) is 11.5 Å². The van der Waals surface area contributed by atoms with Crippen molar-refractivity contribution in [1.82, 2.24) is 24.4 Å². The number of carbonyl (C=O) groups excluding carboxylic acids is 1. The van der Waals surface area contributed by atoms with Gasteiger partial charge in [0.15, 0.2) is 0 Å². The van der Waals surface area contributed by atoms with Crippen molar-refractivity contribution in [2.24, 2.45) is 0 Å². The van der Waals surface area contributed by atoms with Crippen LogP contribution in [0.4, 0.5) is 0 Å². The summed E-state index contributed by atoms with van der Waals surface area (Å²) < 4.78 is 3.54. The maximum atomic E-state index is 12.7. The van der Waals surface area contributed by atoms with E-state index < -0.39 is 0 Å². The summed E-state index contributed by atoms with van der Waals surface area (Å²) in [6.07, 6.45) is 7.15. The molecule has 3 aromatic heterocycles. The van der Waals surface area contributed by atoms with Gasteiger partial charge in [0.1, 0.15) is 0 Å². The lowest BCUT2D eigenvalue weighted by molar-refractivity contribution is 0.0909. The molecular weight excluding hydrogens is 402 g/mol. The summed E-state index contributed by atoms with van der Waals surface area (Å²) in [7, 11) is 0. The number of amides is 1. The molecule has 1 aliphatic rings. The summed E-state index contributed by atoms with van der Waals surface area (Å²) in [6, 6.07) is 11.5. The molecule has 1 N–H and O–H groups in total. The third-order valence-corrected chi connectivity index (χ3v) is 6.25. The molecular formula is C25H33N5O2. The molecule has 1 atom stereocenters. The molecule has 4 heterocycles. The number of nitrogens with one attached hydrogen (secondary N) is 1. The molecule has 1 saturated heterocycles. The molecule has 3 aromatic rings. The van der Waals surface area contributed by atoms with Gasteiger partial charge in [-0.3, -0.25) is 14.5 Å². The second-order valence-corrected chi connectivity index (χ2v) is 9.69. The van der Waals surface area contributed by atoms with E-state index in [1.165, 1.54) is 0 Å². The van der Waals surface area contributed by atoms with Crippen LogP contribution in [-0.2, 0) is 12.0 Å². The van der Waals surface area contributed by atoms with E-state index in [0.29, 0.717) is 18.7 Å². The Morgan fingerprint density at radius 2 is 2.00 bits per heavy atom. The molecule has 0 spiro atoms. The van der Waals surface area contributed by atoms with Crippen LogP contribution >= 0.6 is 0 Å². The van der Waals surface area contributed by atoms with Crippen molar-refractivity contribution in [1.29, 1.82) is 0 Å². The SMILES string of the molecule is CC(C)(C)c1ccc(=O)n(CCN2CCCCC2CNC(=O)c2cc3ccccn3c2)n1. The van der Waals surface area contributed by atoms with E-state index >= 15 is 0 Å². The number of hydrogen-bond acceptors (Lipinski definition) is 4. The van der Waals surface area contributed by atoms with Gasteiger partial charge in [-0.05, 0) is 43.7 Å². The van der Waals surface area contributed by atoms with Gasteiger partial charge in [0.05, 0.1) is 17.8 Å². The van der Waals surface area contributed by atoms with Crippen LogP contribution in [0.3, 0.4) is 0 Å². The summed E-state index contributed by atoms with van der Waals surface area (Å²) in [6.45, 7) is 9.18. The lowest BCUT2D eigenvalue weighted by Gasteiger charge is -2.35. The lowest BCUT2D eigenvalue weighted by Crippen LogP contribution is -2.48. The monoisotopic (exact) mass is 435 g/mol. The normalized spacial score (nSPS) is 17.5. The number of hydrogen-bond donors (Lipinski definition) is 1. The first-order chi connectivity index (χ1) is 15.3. The van der Waals surface area contributed by atoms with Crippen LogP contribution in [-0.4, -0.2) is 50.7 Å². The van der Waals surface area contributed by atoms with Crippen molar-refractivity contribution in [3.05, 3.63) is 70.4 Å². The van der Waals surface area contributed by atoms with Gasteiger partial charge in [-0.25, -0.2) is 4.68 Å². The Balaban J connectivity index is 1.38. The molecule has 170 valence electrons. The number of rotatable bonds is 6. The molecule has 1 unspecified atom stereocenters. The minimum absolute atomic E-state index is 0.0463. The van der Waals surface area contributed by atoms with Crippen LogP contribution in [0, 0.1) is 0 Å². The fourth-order valence-electron chi connectivity index (χ4n) is 4.31. The van der Waals surface area contributed by atoms with Crippen LogP contribution in [0.2, 0.25) is 0 Å². The highest BCUT2D eigenvalue weighted by Gasteiger charge is 2.24. The van der Waals surface area contributed by atoms with E-state index in [-0.39, 0.29) is 22.9 Å². The van der Waals surface area contributed by atoms with Crippen LogP contribution in [0.5, 0.6) is 0 Å². The molecule has 1 aliphatic heterocycles. The van der Waals surface area contributed by atoms with Gasteiger partial charge in [-0.1, -0.05) is 33.3 Å². The number of fused-ring (bicyclic) bond motifs is 1. The minimum Gasteiger partial charge on any atom is -0.350 e. The molecule has 0 aromatic carbocycles. The molecule has 1 amide bonds. The van der Waals surface area contributed by atoms with Crippen LogP contribution in [0.1, 0.15) is 56.1 Å². The fourth-order valence-corrected chi connectivity index (χ4v) is 4.31. The van der Waals surface area contributed by atoms with Crippen molar-refractivity contribution in [3.8, 4) is 0 Å². The highest BCUT2D eigenvalue weighted by Crippen LogP contribution is 2.19. The highest BCUT2D eigenvalue weighted by molar-refractivity contribution is 5.95. The summed E-state index contributed by atoms with van der Waals surface area (Å²) in [5.41, 5.74) is 2.43. The Morgan fingerprint density at radius 1 is 1.16 bits per heavy atom. The molecule has 7 nitrogen and oxygen atoms in total. The second kappa shape index (κ2) is 9.28. The predicted octanol–water partition coefficient (Wildman–Crippen LogP) is 3.08. The Hall–Kier alpha value is -2.93. The quantitative estimate of drug-likeness (QED) is 0.646. The third-order valence-electron chi connectivity index (χ3n) is 6.25. The summed E-state index contributed by atoms with van der Waals surface area (Å²) in [5, 5.41) is 7.71. The predicted molar refractivity (Wildman–Crippen MR) is 126 cm³/mol. The molecule has 4 rings (SSSR count). The maximum absolute atomic E-state index is 12.7. The first-order valence-electron chi connectivity index (χ1n) is 11.5. The number of carbonyl (C=O) groups is 1. The maximum Gasteiger partial charge on any atom is 0.266 e. The van der Waals surface area contributed by atoms with Crippen molar-refractivity contribution in [3.63, 3.8) is 0 Å². The fraction of sp³-hybridized carbons (Fsp3) is 0.480. The van der Waals surface area contributed by atoms with Crippen molar-refractivity contribution < 1.29 is 4.79 Å². The van der Waals surface area contributed by atoms with Crippen molar-refractivity contribution >= 4 is 11.4 Å². The van der Waals surface area contributed by atoms with E-state index in [0.717, 1.165) is 43.6 Å². The van der Waals surface area contributed by atoms with Gasteiger partial charge in [-0.2, -0.15) is 5.10 Å². The number of nitrogens with zero attached hydrogens (tertiary/aromatic N) is 4. The highest BCUT2D eigenvalue weighted by atomic mass is 16.1. The van der Waals surface area contributed by atoms with Crippen LogP contribution in [0.15, 0.2) is 53.6 Å². The molecule has 32 heavy (non-hydrogen) atoms. The minimum atomic E-state index is -0.0999. The van der Waals surface area contributed by atoms with Gasteiger partial charge in [0.2, 0.25) is 0 Å². The van der Waals surface area contributed by atoms with Gasteiger partial charge in [-0.15, -0.1) is 0 Å². The Labute approximate surface area is 189 Å². The standard InChI is InChI=1S/C25H33N5O2/c1-25(2,3)22-10-11-23(31)30(27-22)15-14-28-12-6-5-9-21(28)17-26-24(32)19-16-20-8-4-7-13-29(20)18-19/h4,7-8,10-11,13,16,18,21H,5-6,9,12,14-15,17H2,1-3H3,(H,26,32). The Bertz CT molecular complexity index is 1110. The third kappa shape index (κ3) is 5.10. The largest absolute Gasteiger partial charge is 0.350 e. The molecule has 7 heteroatoms. The Morgan fingerprint density at radius 3 is 2.78 bits per heavy atom.